The minimum absolute atomic E-state index is 0.331. The molecule has 28 heavy (non-hydrogen) atoms. The van der Waals surface area contributed by atoms with Crippen LogP contribution < -0.4 is 0 Å². The van der Waals surface area contributed by atoms with Crippen LogP contribution in [0.1, 0.15) is 60.2 Å². The zero-order valence-corrected chi connectivity index (χ0v) is 16.4. The van der Waals surface area contributed by atoms with E-state index in [0.717, 1.165) is 6.42 Å². The van der Waals surface area contributed by atoms with E-state index < -0.39 is 18.2 Å². The second kappa shape index (κ2) is 15.4. The highest BCUT2D eigenvalue weighted by Crippen LogP contribution is 2.12. The summed E-state index contributed by atoms with van der Waals surface area (Å²) in [7, 11) is 0. The molecule has 0 aromatic heterocycles. The van der Waals surface area contributed by atoms with Crippen LogP contribution in [0.2, 0.25) is 0 Å². The maximum Gasteiger partial charge on any atom is 0.335 e. The molecular weight excluding hydrogens is 360 g/mol. The number of hydrogen-bond acceptors (Lipinski definition) is 4. The van der Waals surface area contributed by atoms with Crippen LogP contribution in [0.3, 0.4) is 0 Å². The van der Waals surface area contributed by atoms with Crippen molar-refractivity contribution < 1.29 is 30.0 Å². The lowest BCUT2D eigenvalue weighted by Gasteiger charge is -2.09. The topological polar surface area (TPSA) is 115 Å². The summed E-state index contributed by atoms with van der Waals surface area (Å²) >= 11 is 0. The monoisotopic (exact) mass is 390 g/mol. The summed E-state index contributed by atoms with van der Waals surface area (Å²) in [6, 6.07) is 16.6. The number of carboxylic acids is 2. The Morgan fingerprint density at radius 3 is 1.39 bits per heavy atom. The summed E-state index contributed by atoms with van der Waals surface area (Å²) < 4.78 is 0. The average Bonchev–Trinajstić information content (AvgIpc) is 2.69. The van der Waals surface area contributed by atoms with Gasteiger partial charge in [-0.1, -0.05) is 63.1 Å². The van der Waals surface area contributed by atoms with Crippen LogP contribution in [0.4, 0.5) is 0 Å². The van der Waals surface area contributed by atoms with Crippen LogP contribution in [0, 0.1) is 5.92 Å². The van der Waals surface area contributed by atoms with Gasteiger partial charge in [0.15, 0.2) is 6.29 Å². The Hall–Kier alpha value is -2.70. The van der Waals surface area contributed by atoms with Crippen LogP contribution in [0.15, 0.2) is 60.7 Å². The van der Waals surface area contributed by atoms with Crippen molar-refractivity contribution in [3.63, 3.8) is 0 Å². The second-order valence-corrected chi connectivity index (χ2v) is 6.29. The number of benzene rings is 2. The molecule has 0 radical (unpaired) electrons. The minimum Gasteiger partial charge on any atom is -0.478 e. The molecule has 0 aliphatic heterocycles. The predicted molar refractivity (Wildman–Crippen MR) is 108 cm³/mol. The summed E-state index contributed by atoms with van der Waals surface area (Å²) in [6.07, 6.45) is 2.70. The molecule has 0 heterocycles. The Labute approximate surface area is 166 Å². The van der Waals surface area contributed by atoms with Crippen LogP contribution in [-0.2, 0) is 0 Å². The van der Waals surface area contributed by atoms with E-state index >= 15 is 0 Å². The number of aliphatic hydroxyl groups is 2. The maximum atomic E-state index is 10.2. The fraction of sp³-hybridized carbons (Fsp3) is 0.364. The first kappa shape index (κ1) is 25.3. The molecule has 154 valence electrons. The standard InChI is InChI=1S/C8H18O2.2C7H6O2/c1-3-4-7(2)5-6-8(9)10;2*8-7(9)6-4-2-1-3-5-6/h7-10H,3-6H2,1-2H3;2*1-5H,(H,8,9). The summed E-state index contributed by atoms with van der Waals surface area (Å²) in [5, 5.41) is 33.8. The summed E-state index contributed by atoms with van der Waals surface area (Å²) in [5.74, 6) is -1.13. The molecule has 0 spiro atoms. The van der Waals surface area contributed by atoms with E-state index in [1.54, 1.807) is 60.7 Å². The fourth-order valence-corrected chi connectivity index (χ4v) is 2.23. The van der Waals surface area contributed by atoms with Crippen molar-refractivity contribution in [1.29, 1.82) is 0 Å². The van der Waals surface area contributed by atoms with Crippen LogP contribution in [0.5, 0.6) is 0 Å². The van der Waals surface area contributed by atoms with Crippen molar-refractivity contribution in [2.24, 2.45) is 5.92 Å². The number of carboxylic acid groups (broad SMARTS) is 2. The third kappa shape index (κ3) is 13.5. The van der Waals surface area contributed by atoms with E-state index in [4.69, 9.17) is 20.4 Å². The molecule has 6 nitrogen and oxygen atoms in total. The molecule has 0 saturated heterocycles. The smallest absolute Gasteiger partial charge is 0.335 e. The van der Waals surface area contributed by atoms with E-state index in [2.05, 4.69) is 13.8 Å². The fourth-order valence-electron chi connectivity index (χ4n) is 2.23. The van der Waals surface area contributed by atoms with E-state index in [-0.39, 0.29) is 0 Å². The van der Waals surface area contributed by atoms with Gasteiger partial charge in [-0.3, -0.25) is 0 Å². The SMILES string of the molecule is CCCC(C)CCC(O)O.O=C(O)c1ccccc1.O=C(O)c1ccccc1. The summed E-state index contributed by atoms with van der Waals surface area (Å²) in [4.78, 5) is 20.4. The Morgan fingerprint density at radius 1 is 0.750 bits per heavy atom. The third-order valence-corrected chi connectivity index (χ3v) is 3.74. The molecule has 0 amide bonds. The first-order valence-electron chi connectivity index (χ1n) is 9.20. The lowest BCUT2D eigenvalue weighted by atomic mass is 10.0. The van der Waals surface area contributed by atoms with E-state index in [0.29, 0.717) is 23.5 Å². The molecular formula is C22H30O6. The number of aromatic carboxylic acids is 2. The highest BCUT2D eigenvalue weighted by Gasteiger charge is 2.03. The lowest BCUT2D eigenvalue weighted by molar-refractivity contribution is -0.0487. The predicted octanol–water partition coefficient (Wildman–Crippen LogP) is 4.28. The number of aliphatic hydroxyl groups excluding tert-OH is 1. The van der Waals surface area contributed by atoms with Gasteiger partial charge in [0.05, 0.1) is 11.1 Å². The third-order valence-electron chi connectivity index (χ3n) is 3.74. The van der Waals surface area contributed by atoms with Crippen molar-refractivity contribution >= 4 is 11.9 Å². The molecule has 2 rings (SSSR count). The van der Waals surface area contributed by atoms with Gasteiger partial charge in [0.1, 0.15) is 0 Å². The van der Waals surface area contributed by atoms with Gasteiger partial charge in [-0.25, -0.2) is 9.59 Å². The normalized spacial score (nSPS) is 10.8. The molecule has 4 N–H and O–H groups in total. The highest BCUT2D eigenvalue weighted by molar-refractivity contribution is 5.87. The zero-order chi connectivity index (χ0) is 21.4. The minimum atomic E-state index is -1.11. The summed E-state index contributed by atoms with van der Waals surface area (Å²) in [6.45, 7) is 4.29. The average molecular weight is 390 g/mol. The maximum absolute atomic E-state index is 10.2. The molecule has 0 fully saturated rings. The van der Waals surface area contributed by atoms with Gasteiger partial charge in [0.2, 0.25) is 0 Å². The van der Waals surface area contributed by atoms with Gasteiger partial charge in [-0.15, -0.1) is 0 Å². The molecule has 0 aliphatic rings. The number of carbonyl (C=O) groups is 2. The van der Waals surface area contributed by atoms with Crippen LogP contribution in [-0.4, -0.2) is 38.7 Å². The van der Waals surface area contributed by atoms with Gasteiger partial charge >= 0.3 is 11.9 Å². The molecule has 2 aromatic carbocycles. The van der Waals surface area contributed by atoms with Gasteiger partial charge in [0, 0.05) is 0 Å². The van der Waals surface area contributed by atoms with Crippen molar-refractivity contribution in [2.75, 3.05) is 0 Å². The number of hydrogen-bond donors (Lipinski definition) is 4. The van der Waals surface area contributed by atoms with Crippen LogP contribution in [0.25, 0.3) is 0 Å². The quantitative estimate of drug-likeness (QED) is 0.525. The van der Waals surface area contributed by atoms with Crippen molar-refractivity contribution in [3.8, 4) is 0 Å². The molecule has 0 aliphatic carbocycles. The first-order chi connectivity index (χ1) is 13.3. The Morgan fingerprint density at radius 2 is 1.14 bits per heavy atom. The lowest BCUT2D eigenvalue weighted by Crippen LogP contribution is -2.06. The largest absolute Gasteiger partial charge is 0.478 e. The van der Waals surface area contributed by atoms with Gasteiger partial charge in [-0.05, 0) is 43.0 Å². The molecule has 0 bridgehead atoms. The van der Waals surface area contributed by atoms with Crippen molar-refractivity contribution in [1.82, 2.24) is 0 Å². The first-order valence-corrected chi connectivity index (χ1v) is 9.20. The summed E-state index contributed by atoms with van der Waals surface area (Å²) in [5.41, 5.74) is 0.662. The molecule has 0 saturated carbocycles. The van der Waals surface area contributed by atoms with Crippen molar-refractivity contribution in [2.45, 2.75) is 45.8 Å². The van der Waals surface area contributed by atoms with Gasteiger partial charge in [-0.2, -0.15) is 0 Å². The Bertz CT molecular complexity index is 606. The molecule has 1 unspecified atom stereocenters. The van der Waals surface area contributed by atoms with Gasteiger partial charge < -0.3 is 20.4 Å². The van der Waals surface area contributed by atoms with Crippen molar-refractivity contribution in [3.05, 3.63) is 71.8 Å². The zero-order valence-electron chi connectivity index (χ0n) is 16.4. The van der Waals surface area contributed by atoms with Gasteiger partial charge in [0.25, 0.3) is 0 Å². The van der Waals surface area contributed by atoms with E-state index in [1.807, 2.05) is 0 Å². The Balaban J connectivity index is 0.000000391. The van der Waals surface area contributed by atoms with E-state index in [1.165, 1.54) is 12.8 Å². The molecule has 1 atom stereocenters. The van der Waals surface area contributed by atoms with Crippen LogP contribution >= 0.6 is 0 Å². The molecule has 6 heteroatoms. The van der Waals surface area contributed by atoms with E-state index in [9.17, 15) is 9.59 Å². The molecule has 2 aromatic rings. The highest BCUT2D eigenvalue weighted by atomic mass is 16.5. The number of rotatable bonds is 7. The second-order valence-electron chi connectivity index (χ2n) is 6.29. The Kier molecular flexibility index (Phi) is 13.9.